The second kappa shape index (κ2) is 5.00. The summed E-state index contributed by atoms with van der Waals surface area (Å²) >= 11 is 0. The van der Waals surface area contributed by atoms with Gasteiger partial charge in [-0.05, 0) is 17.2 Å². The molecule has 0 saturated heterocycles. The number of aromatic amines is 1. The molecule has 2 heterocycles. The largest absolute Gasteiger partial charge is 0.480 e. The highest BCUT2D eigenvalue weighted by atomic mass is 16.4. The summed E-state index contributed by atoms with van der Waals surface area (Å²) in [6.45, 7) is 0. The molecule has 2 atom stereocenters. The Morgan fingerprint density at radius 1 is 1.05 bits per heavy atom. The maximum atomic E-state index is 11.5. The lowest BCUT2D eigenvalue weighted by atomic mass is 9.90. The smallest absolute Gasteiger partial charge is 0.321 e. The van der Waals surface area contributed by atoms with Crippen molar-refractivity contribution in [2.45, 2.75) is 18.5 Å². The predicted octanol–water partition coefficient (Wildman–Crippen LogP) is 2.86. The van der Waals surface area contributed by atoms with Crippen LogP contribution in [0.1, 0.15) is 22.9 Å². The molecule has 0 saturated carbocycles. The molecule has 0 spiro atoms. The number of nitrogens with one attached hydrogen (secondary N) is 2. The van der Waals surface area contributed by atoms with Crippen molar-refractivity contribution in [2.24, 2.45) is 0 Å². The van der Waals surface area contributed by atoms with Crippen LogP contribution in [0, 0.1) is 0 Å². The van der Waals surface area contributed by atoms with E-state index >= 15 is 0 Å². The zero-order valence-electron chi connectivity index (χ0n) is 11.9. The molecular formula is C18H16N2O2. The van der Waals surface area contributed by atoms with Gasteiger partial charge < -0.3 is 10.1 Å². The predicted molar refractivity (Wildman–Crippen MR) is 84.8 cm³/mol. The van der Waals surface area contributed by atoms with Crippen molar-refractivity contribution in [3.63, 3.8) is 0 Å². The molecule has 3 N–H and O–H groups in total. The molecule has 0 unspecified atom stereocenters. The van der Waals surface area contributed by atoms with Crippen LogP contribution in [0.5, 0.6) is 0 Å². The first-order valence-electron chi connectivity index (χ1n) is 7.37. The Kier molecular flexibility index (Phi) is 2.98. The first-order chi connectivity index (χ1) is 10.7. The van der Waals surface area contributed by atoms with E-state index < -0.39 is 12.0 Å². The standard InChI is InChI=1S/C18H16N2O2/c21-18(22)15-10-13-12-8-4-5-9-14(12)19-17(13)16(20-15)11-6-2-1-3-7-11/h1-9,15-16,19-20H,10H2,(H,21,22)/t15-,16+/m1/s1. The molecular weight excluding hydrogens is 276 g/mol. The second-order valence-corrected chi connectivity index (χ2v) is 5.67. The maximum Gasteiger partial charge on any atom is 0.321 e. The third-order valence-corrected chi connectivity index (χ3v) is 4.34. The molecule has 0 bridgehead atoms. The molecule has 4 heteroatoms. The molecule has 1 aromatic heterocycles. The van der Waals surface area contributed by atoms with E-state index in [0.717, 1.165) is 27.7 Å². The van der Waals surface area contributed by atoms with Crippen molar-refractivity contribution >= 4 is 16.9 Å². The molecule has 110 valence electrons. The van der Waals surface area contributed by atoms with Gasteiger partial charge in [0.1, 0.15) is 6.04 Å². The summed E-state index contributed by atoms with van der Waals surface area (Å²) in [5.41, 5.74) is 4.31. The minimum Gasteiger partial charge on any atom is -0.480 e. The number of aliphatic carboxylic acids is 1. The van der Waals surface area contributed by atoms with Gasteiger partial charge in [-0.3, -0.25) is 10.1 Å². The van der Waals surface area contributed by atoms with Crippen LogP contribution in [0.4, 0.5) is 0 Å². The van der Waals surface area contributed by atoms with E-state index in [-0.39, 0.29) is 6.04 Å². The number of hydrogen-bond acceptors (Lipinski definition) is 2. The van der Waals surface area contributed by atoms with Gasteiger partial charge in [0.05, 0.1) is 6.04 Å². The number of carbonyl (C=O) groups is 1. The van der Waals surface area contributed by atoms with E-state index in [1.807, 2.05) is 48.5 Å². The number of fused-ring (bicyclic) bond motifs is 3. The number of hydrogen-bond donors (Lipinski definition) is 3. The molecule has 0 radical (unpaired) electrons. The summed E-state index contributed by atoms with van der Waals surface area (Å²) in [6.07, 6.45) is 0.498. The number of para-hydroxylation sites is 1. The van der Waals surface area contributed by atoms with Gasteiger partial charge in [0.15, 0.2) is 0 Å². The average molecular weight is 292 g/mol. The Morgan fingerprint density at radius 3 is 2.55 bits per heavy atom. The van der Waals surface area contributed by atoms with E-state index in [9.17, 15) is 9.90 Å². The fraction of sp³-hybridized carbons (Fsp3) is 0.167. The summed E-state index contributed by atoms with van der Waals surface area (Å²) < 4.78 is 0. The first kappa shape index (κ1) is 13.1. The molecule has 0 aliphatic carbocycles. The Labute approximate surface area is 127 Å². The van der Waals surface area contributed by atoms with Gasteiger partial charge >= 0.3 is 5.97 Å². The van der Waals surface area contributed by atoms with E-state index in [1.54, 1.807) is 0 Å². The molecule has 1 aliphatic rings. The number of aromatic nitrogens is 1. The number of H-pyrrole nitrogens is 1. The van der Waals surface area contributed by atoms with Crippen LogP contribution in [-0.4, -0.2) is 22.1 Å². The van der Waals surface area contributed by atoms with Crippen molar-refractivity contribution in [1.29, 1.82) is 0 Å². The Bertz CT molecular complexity index is 839. The fourth-order valence-electron chi connectivity index (χ4n) is 3.30. The van der Waals surface area contributed by atoms with Crippen molar-refractivity contribution < 1.29 is 9.90 Å². The Morgan fingerprint density at radius 2 is 1.77 bits per heavy atom. The minimum atomic E-state index is -0.808. The summed E-state index contributed by atoms with van der Waals surface area (Å²) in [7, 11) is 0. The van der Waals surface area contributed by atoms with Gasteiger partial charge in [0.2, 0.25) is 0 Å². The highest BCUT2D eigenvalue weighted by Gasteiger charge is 2.33. The van der Waals surface area contributed by atoms with Gasteiger partial charge in [-0.15, -0.1) is 0 Å². The van der Waals surface area contributed by atoms with Crippen molar-refractivity contribution in [3.8, 4) is 0 Å². The normalized spacial score (nSPS) is 20.7. The van der Waals surface area contributed by atoms with Crippen LogP contribution in [0.2, 0.25) is 0 Å². The van der Waals surface area contributed by atoms with Crippen LogP contribution < -0.4 is 5.32 Å². The summed E-state index contributed by atoms with van der Waals surface area (Å²) in [5, 5.41) is 13.8. The molecule has 1 aliphatic heterocycles. The quantitative estimate of drug-likeness (QED) is 0.680. The highest BCUT2D eigenvalue weighted by Crippen LogP contribution is 2.35. The summed E-state index contributed by atoms with van der Waals surface area (Å²) in [4.78, 5) is 15.0. The Hall–Kier alpha value is -2.59. The van der Waals surface area contributed by atoms with Gasteiger partial charge in [0, 0.05) is 23.0 Å². The fourth-order valence-corrected chi connectivity index (χ4v) is 3.30. The van der Waals surface area contributed by atoms with E-state index in [1.165, 1.54) is 0 Å². The van der Waals surface area contributed by atoms with E-state index in [4.69, 9.17) is 0 Å². The SMILES string of the molecule is O=C(O)[C@H]1Cc2c([nH]c3ccccc23)[C@H](c2ccccc2)N1. The molecule has 4 nitrogen and oxygen atoms in total. The summed E-state index contributed by atoms with van der Waals surface area (Å²) in [5.74, 6) is -0.808. The first-order valence-corrected chi connectivity index (χ1v) is 7.37. The van der Waals surface area contributed by atoms with Gasteiger partial charge in [-0.1, -0.05) is 48.5 Å². The van der Waals surface area contributed by atoms with Gasteiger partial charge in [0.25, 0.3) is 0 Å². The number of benzene rings is 2. The second-order valence-electron chi connectivity index (χ2n) is 5.67. The molecule has 0 fully saturated rings. The third-order valence-electron chi connectivity index (χ3n) is 4.34. The van der Waals surface area contributed by atoms with Crippen LogP contribution in [0.25, 0.3) is 10.9 Å². The maximum absolute atomic E-state index is 11.5. The lowest BCUT2D eigenvalue weighted by Gasteiger charge is -2.29. The van der Waals surface area contributed by atoms with Crippen LogP contribution in [0.15, 0.2) is 54.6 Å². The lowest BCUT2D eigenvalue weighted by Crippen LogP contribution is -2.44. The van der Waals surface area contributed by atoms with E-state index in [2.05, 4.69) is 16.4 Å². The Balaban J connectivity index is 1.91. The lowest BCUT2D eigenvalue weighted by molar-refractivity contribution is -0.139. The molecule has 0 amide bonds. The van der Waals surface area contributed by atoms with Gasteiger partial charge in [-0.25, -0.2) is 0 Å². The van der Waals surface area contributed by atoms with Crippen LogP contribution >= 0.6 is 0 Å². The van der Waals surface area contributed by atoms with Crippen molar-refractivity contribution in [3.05, 3.63) is 71.4 Å². The molecule has 2 aromatic carbocycles. The highest BCUT2D eigenvalue weighted by molar-refractivity contribution is 5.87. The van der Waals surface area contributed by atoms with Crippen molar-refractivity contribution in [1.82, 2.24) is 10.3 Å². The summed E-state index contributed by atoms with van der Waals surface area (Å²) in [6, 6.07) is 17.3. The average Bonchev–Trinajstić information content (AvgIpc) is 2.93. The zero-order chi connectivity index (χ0) is 15.1. The third kappa shape index (κ3) is 2.00. The van der Waals surface area contributed by atoms with Crippen LogP contribution in [0.3, 0.4) is 0 Å². The molecule has 3 aromatic rings. The topological polar surface area (TPSA) is 65.1 Å². The zero-order valence-corrected chi connectivity index (χ0v) is 11.9. The molecule has 22 heavy (non-hydrogen) atoms. The number of carboxylic acids is 1. The monoisotopic (exact) mass is 292 g/mol. The molecule has 4 rings (SSSR count). The minimum absolute atomic E-state index is 0.126. The number of carboxylic acid groups (broad SMARTS) is 1. The van der Waals surface area contributed by atoms with E-state index in [0.29, 0.717) is 6.42 Å². The van der Waals surface area contributed by atoms with Gasteiger partial charge in [-0.2, -0.15) is 0 Å². The number of rotatable bonds is 2. The van der Waals surface area contributed by atoms with Crippen LogP contribution in [-0.2, 0) is 11.2 Å². The van der Waals surface area contributed by atoms with Crippen molar-refractivity contribution in [2.75, 3.05) is 0 Å².